The van der Waals surface area contributed by atoms with Crippen molar-refractivity contribution in [1.29, 1.82) is 0 Å². The van der Waals surface area contributed by atoms with E-state index in [0.29, 0.717) is 19.3 Å². The second kappa shape index (κ2) is 11.8. The van der Waals surface area contributed by atoms with E-state index in [2.05, 4.69) is 61.5 Å². The van der Waals surface area contributed by atoms with Crippen LogP contribution in [0.3, 0.4) is 0 Å². The zero-order valence-corrected chi connectivity index (χ0v) is 15.7. The minimum Gasteiger partial charge on any atom is -0.379 e. The molecule has 2 rings (SSSR count). The average molecular weight is 341 g/mol. The lowest BCUT2D eigenvalue weighted by molar-refractivity contribution is 0.0112. The Morgan fingerprint density at radius 1 is 0.840 bits per heavy atom. The smallest absolute Gasteiger partial charge is 0.0704 e. The molecule has 0 aliphatic heterocycles. The van der Waals surface area contributed by atoms with Crippen molar-refractivity contribution in [2.45, 2.75) is 52.1 Å². The van der Waals surface area contributed by atoms with Gasteiger partial charge in [0.2, 0.25) is 0 Å². The highest BCUT2D eigenvalue weighted by Crippen LogP contribution is 2.25. The largest absolute Gasteiger partial charge is 0.379 e. The molecule has 1 atom stereocenters. The van der Waals surface area contributed by atoms with E-state index in [4.69, 9.17) is 9.47 Å². The van der Waals surface area contributed by atoms with Crippen molar-refractivity contribution in [2.75, 3.05) is 19.8 Å². The zero-order chi connectivity index (χ0) is 17.7. The summed E-state index contributed by atoms with van der Waals surface area (Å²) in [6.07, 6.45) is 6.31. The highest BCUT2D eigenvalue weighted by atomic mass is 16.5. The van der Waals surface area contributed by atoms with Crippen molar-refractivity contribution in [2.24, 2.45) is 0 Å². The monoisotopic (exact) mass is 340 g/mol. The molecule has 0 radical (unpaired) electrons. The summed E-state index contributed by atoms with van der Waals surface area (Å²) in [5.74, 6) is 0. The molecule has 0 amide bonds. The van der Waals surface area contributed by atoms with E-state index in [-0.39, 0.29) is 0 Å². The number of hydrogen-bond acceptors (Lipinski definition) is 2. The van der Waals surface area contributed by atoms with Crippen molar-refractivity contribution >= 4 is 0 Å². The van der Waals surface area contributed by atoms with E-state index in [9.17, 15) is 0 Å². The molecule has 0 saturated carbocycles. The van der Waals surface area contributed by atoms with E-state index >= 15 is 0 Å². The first-order valence-corrected chi connectivity index (χ1v) is 9.64. The molecule has 0 aliphatic rings. The summed E-state index contributed by atoms with van der Waals surface area (Å²) in [6, 6.07) is 19.5. The lowest BCUT2D eigenvalue weighted by atomic mass is 9.95. The molecule has 0 spiro atoms. The number of ether oxygens (including phenoxy) is 2. The fourth-order valence-corrected chi connectivity index (χ4v) is 3.10. The van der Waals surface area contributed by atoms with Gasteiger partial charge in [-0.2, -0.15) is 0 Å². The van der Waals surface area contributed by atoms with Crippen LogP contribution in [0, 0.1) is 0 Å². The summed E-state index contributed by atoms with van der Waals surface area (Å²) < 4.78 is 11.1. The van der Waals surface area contributed by atoms with Gasteiger partial charge in [-0.15, -0.1) is 0 Å². The highest BCUT2D eigenvalue weighted by molar-refractivity contribution is 5.67. The predicted molar refractivity (Wildman–Crippen MR) is 106 cm³/mol. The van der Waals surface area contributed by atoms with Crippen LogP contribution in [0.15, 0.2) is 54.6 Å². The number of benzene rings is 2. The molecular formula is C23H32O2. The van der Waals surface area contributed by atoms with Crippen LogP contribution in [0.1, 0.15) is 45.1 Å². The van der Waals surface area contributed by atoms with Crippen molar-refractivity contribution < 1.29 is 9.47 Å². The van der Waals surface area contributed by atoms with E-state index in [0.717, 1.165) is 19.4 Å². The van der Waals surface area contributed by atoms with Crippen LogP contribution in [-0.2, 0) is 15.9 Å². The van der Waals surface area contributed by atoms with Crippen LogP contribution in [0.2, 0.25) is 0 Å². The van der Waals surface area contributed by atoms with E-state index in [1.54, 1.807) is 0 Å². The third-order valence-corrected chi connectivity index (χ3v) is 4.49. The molecule has 2 aromatic carbocycles. The number of unbranched alkanes of at least 4 members (excludes halogenated alkanes) is 2. The van der Waals surface area contributed by atoms with E-state index in [1.807, 2.05) is 6.92 Å². The minimum absolute atomic E-state index is 0.331. The van der Waals surface area contributed by atoms with Gasteiger partial charge in [0, 0.05) is 6.61 Å². The third-order valence-electron chi connectivity index (χ3n) is 4.49. The highest BCUT2D eigenvalue weighted by Gasteiger charge is 2.05. The summed E-state index contributed by atoms with van der Waals surface area (Å²) in [6.45, 7) is 6.36. The Morgan fingerprint density at radius 2 is 1.60 bits per heavy atom. The molecule has 0 heterocycles. The van der Waals surface area contributed by atoms with Crippen molar-refractivity contribution in [3.63, 3.8) is 0 Å². The maximum Gasteiger partial charge on any atom is 0.0704 e. The summed E-state index contributed by atoms with van der Waals surface area (Å²) >= 11 is 0. The summed E-state index contributed by atoms with van der Waals surface area (Å²) in [5, 5.41) is 0. The van der Waals surface area contributed by atoms with Crippen LogP contribution in [0.5, 0.6) is 0 Å². The minimum atomic E-state index is 0.331. The molecule has 2 nitrogen and oxygen atoms in total. The lowest BCUT2D eigenvalue weighted by Gasteiger charge is -2.13. The summed E-state index contributed by atoms with van der Waals surface area (Å²) in [4.78, 5) is 0. The normalized spacial score (nSPS) is 12.2. The van der Waals surface area contributed by atoms with Crippen LogP contribution in [0.4, 0.5) is 0 Å². The Bertz CT molecular complexity index is 580. The number of hydrogen-bond donors (Lipinski definition) is 0. The number of aryl methyl sites for hydroxylation is 1. The first-order chi connectivity index (χ1) is 12.3. The van der Waals surface area contributed by atoms with Crippen LogP contribution in [-0.4, -0.2) is 25.9 Å². The van der Waals surface area contributed by atoms with Crippen LogP contribution < -0.4 is 0 Å². The molecule has 0 saturated heterocycles. The Hall–Kier alpha value is -1.64. The molecule has 1 unspecified atom stereocenters. The van der Waals surface area contributed by atoms with Gasteiger partial charge in [-0.05, 0) is 49.8 Å². The summed E-state index contributed by atoms with van der Waals surface area (Å²) in [5.41, 5.74) is 4.14. The van der Waals surface area contributed by atoms with Crippen molar-refractivity contribution in [3.05, 3.63) is 60.2 Å². The lowest BCUT2D eigenvalue weighted by Crippen LogP contribution is -2.12. The quantitative estimate of drug-likeness (QED) is 0.448. The predicted octanol–water partition coefficient (Wildman–Crippen LogP) is 5.90. The number of rotatable bonds is 12. The Labute approximate surface area is 153 Å². The van der Waals surface area contributed by atoms with Crippen LogP contribution >= 0.6 is 0 Å². The topological polar surface area (TPSA) is 18.5 Å². The Balaban J connectivity index is 1.69. The van der Waals surface area contributed by atoms with Crippen molar-refractivity contribution in [3.8, 4) is 11.1 Å². The molecule has 0 N–H and O–H groups in total. The Kier molecular flexibility index (Phi) is 9.32. The van der Waals surface area contributed by atoms with Gasteiger partial charge in [0.15, 0.2) is 0 Å². The van der Waals surface area contributed by atoms with Gasteiger partial charge in [0.05, 0.1) is 19.3 Å². The summed E-state index contributed by atoms with van der Waals surface area (Å²) in [7, 11) is 0. The van der Waals surface area contributed by atoms with Gasteiger partial charge in [-0.3, -0.25) is 0 Å². The first-order valence-electron chi connectivity index (χ1n) is 9.64. The molecule has 2 aromatic rings. The third kappa shape index (κ3) is 7.41. The fourth-order valence-electron chi connectivity index (χ4n) is 3.10. The second-order valence-electron chi connectivity index (χ2n) is 6.50. The molecule has 0 aromatic heterocycles. The first kappa shape index (κ1) is 19.7. The molecule has 2 heteroatoms. The van der Waals surface area contributed by atoms with Gasteiger partial charge in [-0.1, -0.05) is 67.4 Å². The maximum absolute atomic E-state index is 5.76. The maximum atomic E-state index is 5.76. The van der Waals surface area contributed by atoms with Crippen LogP contribution in [0.25, 0.3) is 11.1 Å². The average Bonchev–Trinajstić information content (AvgIpc) is 2.66. The Morgan fingerprint density at radius 3 is 2.40 bits per heavy atom. The second-order valence-corrected chi connectivity index (χ2v) is 6.50. The SMILES string of the molecule is CCOCCOC(C)CCCCCc1ccccc1-c1ccccc1. The van der Waals surface area contributed by atoms with Crippen molar-refractivity contribution in [1.82, 2.24) is 0 Å². The molecular weight excluding hydrogens is 308 g/mol. The van der Waals surface area contributed by atoms with Gasteiger partial charge < -0.3 is 9.47 Å². The molecule has 0 bridgehead atoms. The molecule has 25 heavy (non-hydrogen) atoms. The van der Waals surface area contributed by atoms with E-state index < -0.39 is 0 Å². The zero-order valence-electron chi connectivity index (χ0n) is 15.7. The standard InChI is InChI=1S/C23H32O2/c1-3-24-18-19-25-20(2)12-6-4-7-13-22-16-10-11-17-23(22)21-14-8-5-9-15-21/h5,8-11,14-17,20H,3-4,6-7,12-13,18-19H2,1-2H3. The van der Waals surface area contributed by atoms with Gasteiger partial charge in [-0.25, -0.2) is 0 Å². The van der Waals surface area contributed by atoms with Gasteiger partial charge >= 0.3 is 0 Å². The fraction of sp³-hybridized carbons (Fsp3) is 0.478. The molecule has 136 valence electrons. The van der Waals surface area contributed by atoms with Gasteiger partial charge in [0.25, 0.3) is 0 Å². The van der Waals surface area contributed by atoms with Gasteiger partial charge in [0.1, 0.15) is 0 Å². The van der Waals surface area contributed by atoms with E-state index in [1.165, 1.54) is 36.0 Å². The molecule has 0 fully saturated rings. The molecule has 0 aliphatic carbocycles.